The number of para-hydroxylation sites is 2. The molecule has 0 amide bonds. The minimum atomic E-state index is -3.96. The third-order valence-corrected chi connectivity index (χ3v) is 6.47. The molecule has 28 heavy (non-hydrogen) atoms. The quantitative estimate of drug-likeness (QED) is 0.702. The topological polar surface area (TPSA) is 80.2 Å². The second-order valence-corrected chi connectivity index (χ2v) is 8.35. The monoisotopic (exact) mass is 404 g/mol. The molecule has 0 unspecified atom stereocenters. The maximum Gasteiger partial charge on any atom is 0.339 e. The average Bonchev–Trinajstić information content (AvgIpc) is 2.73. The Hall–Kier alpha value is -2.58. The van der Waals surface area contributed by atoms with Crippen LogP contribution in [0.15, 0.2) is 53.4 Å². The molecule has 1 fully saturated rings. The van der Waals surface area contributed by atoms with Crippen LogP contribution in [0, 0.1) is 0 Å². The Bertz CT molecular complexity index is 938. The second-order valence-electron chi connectivity index (χ2n) is 6.70. The number of piperazine rings is 1. The number of rotatable bonds is 6. The smallest absolute Gasteiger partial charge is 0.339 e. The summed E-state index contributed by atoms with van der Waals surface area (Å²) in [7, 11) is -2.73. The molecular weight excluding hydrogens is 378 g/mol. The number of esters is 1. The Morgan fingerprint density at radius 2 is 1.75 bits per heavy atom. The largest absolute Gasteiger partial charge is 0.465 e. The molecular formula is C20H26N3O4S+. The van der Waals surface area contributed by atoms with Crippen molar-refractivity contribution < 1.29 is 22.8 Å². The first kappa shape index (κ1) is 20.2. The van der Waals surface area contributed by atoms with Crippen LogP contribution in [0.4, 0.5) is 11.4 Å². The van der Waals surface area contributed by atoms with Crippen molar-refractivity contribution in [3.8, 4) is 0 Å². The van der Waals surface area contributed by atoms with E-state index in [9.17, 15) is 13.2 Å². The van der Waals surface area contributed by atoms with E-state index in [2.05, 4.69) is 16.5 Å². The van der Waals surface area contributed by atoms with Crippen molar-refractivity contribution in [3.05, 3.63) is 54.1 Å². The third-order valence-electron chi connectivity index (χ3n) is 5.04. The van der Waals surface area contributed by atoms with Crippen molar-refractivity contribution in [2.45, 2.75) is 11.8 Å². The fourth-order valence-electron chi connectivity index (χ4n) is 3.43. The molecule has 1 saturated heterocycles. The SMILES string of the molecule is CC[NH+]1CCN(c2ccccc2NS(=O)(=O)c2ccccc2C(=O)OC)CC1. The number of benzene rings is 2. The standard InChI is InChI=1S/C20H25N3O4S/c1-3-22-12-14-23(15-13-22)18-10-6-5-9-17(18)21-28(25,26)19-11-7-4-8-16(19)20(24)27-2/h4-11,21H,3,12-15H2,1-2H3/p+1. The van der Waals surface area contributed by atoms with Crippen molar-refractivity contribution in [1.29, 1.82) is 0 Å². The maximum absolute atomic E-state index is 13.0. The second kappa shape index (κ2) is 8.62. The highest BCUT2D eigenvalue weighted by molar-refractivity contribution is 7.92. The van der Waals surface area contributed by atoms with Gasteiger partial charge >= 0.3 is 5.97 Å². The molecule has 1 heterocycles. The van der Waals surface area contributed by atoms with E-state index >= 15 is 0 Å². The van der Waals surface area contributed by atoms with E-state index in [1.165, 1.54) is 19.2 Å². The van der Waals surface area contributed by atoms with Crippen molar-refractivity contribution >= 4 is 27.4 Å². The summed E-state index contributed by atoms with van der Waals surface area (Å²) in [5, 5.41) is 0. The predicted molar refractivity (Wildman–Crippen MR) is 108 cm³/mol. The Balaban J connectivity index is 1.90. The van der Waals surface area contributed by atoms with Crippen molar-refractivity contribution in [1.82, 2.24) is 0 Å². The zero-order chi connectivity index (χ0) is 20.1. The van der Waals surface area contributed by atoms with Crippen molar-refractivity contribution in [2.75, 3.05) is 49.5 Å². The van der Waals surface area contributed by atoms with Crippen LogP contribution in [0.5, 0.6) is 0 Å². The van der Waals surface area contributed by atoms with E-state index in [1.54, 1.807) is 29.2 Å². The lowest BCUT2D eigenvalue weighted by molar-refractivity contribution is -0.898. The lowest BCUT2D eigenvalue weighted by Gasteiger charge is -2.34. The highest BCUT2D eigenvalue weighted by Crippen LogP contribution is 2.29. The molecule has 0 atom stereocenters. The zero-order valence-electron chi connectivity index (χ0n) is 16.1. The number of sulfonamides is 1. The average molecular weight is 405 g/mol. The van der Waals surface area contributed by atoms with Gasteiger partial charge in [0.05, 0.1) is 56.8 Å². The van der Waals surface area contributed by atoms with Gasteiger partial charge in [-0.2, -0.15) is 0 Å². The van der Waals surface area contributed by atoms with Gasteiger partial charge in [-0.3, -0.25) is 4.72 Å². The number of carbonyl (C=O) groups is 1. The van der Waals surface area contributed by atoms with Crippen LogP contribution < -0.4 is 14.5 Å². The number of ether oxygens (including phenoxy) is 1. The predicted octanol–water partition coefficient (Wildman–Crippen LogP) is 0.999. The lowest BCUT2D eigenvalue weighted by Crippen LogP contribution is -3.14. The number of methoxy groups -OCH3 is 1. The van der Waals surface area contributed by atoms with E-state index in [-0.39, 0.29) is 10.5 Å². The van der Waals surface area contributed by atoms with Crippen LogP contribution in [0.1, 0.15) is 17.3 Å². The van der Waals surface area contributed by atoms with Gasteiger partial charge in [0.15, 0.2) is 0 Å². The number of nitrogens with one attached hydrogen (secondary N) is 2. The molecule has 8 heteroatoms. The molecule has 0 aromatic heterocycles. The Morgan fingerprint density at radius 1 is 1.11 bits per heavy atom. The number of quaternary nitrogens is 1. The first-order valence-corrected chi connectivity index (χ1v) is 10.8. The number of nitrogens with zero attached hydrogens (tertiary/aromatic N) is 1. The van der Waals surface area contributed by atoms with Crippen LogP contribution in [-0.2, 0) is 14.8 Å². The van der Waals surface area contributed by atoms with Gasteiger partial charge in [-0.25, -0.2) is 13.2 Å². The summed E-state index contributed by atoms with van der Waals surface area (Å²) in [6.07, 6.45) is 0. The minimum Gasteiger partial charge on any atom is -0.465 e. The molecule has 1 aliphatic rings. The zero-order valence-corrected chi connectivity index (χ0v) is 17.0. The lowest BCUT2D eigenvalue weighted by atomic mass is 10.2. The van der Waals surface area contributed by atoms with Crippen LogP contribution >= 0.6 is 0 Å². The van der Waals surface area contributed by atoms with Gasteiger partial charge in [-0.1, -0.05) is 24.3 Å². The van der Waals surface area contributed by atoms with E-state index in [0.717, 1.165) is 38.4 Å². The van der Waals surface area contributed by atoms with Gasteiger partial charge in [0, 0.05) is 0 Å². The summed E-state index contributed by atoms with van der Waals surface area (Å²) in [6.45, 7) is 7.02. The van der Waals surface area contributed by atoms with Crippen LogP contribution in [0.2, 0.25) is 0 Å². The normalized spacial score (nSPS) is 15.3. The van der Waals surface area contributed by atoms with Crippen LogP contribution in [-0.4, -0.2) is 54.2 Å². The van der Waals surface area contributed by atoms with Gasteiger partial charge in [0.1, 0.15) is 4.90 Å². The number of hydrogen-bond donors (Lipinski definition) is 2. The summed E-state index contributed by atoms with van der Waals surface area (Å²) in [5.41, 5.74) is 1.36. The summed E-state index contributed by atoms with van der Waals surface area (Å²) < 4.78 is 33.5. The van der Waals surface area contributed by atoms with Crippen molar-refractivity contribution in [3.63, 3.8) is 0 Å². The highest BCUT2D eigenvalue weighted by Gasteiger charge is 2.25. The van der Waals surface area contributed by atoms with E-state index in [4.69, 9.17) is 4.74 Å². The molecule has 2 N–H and O–H groups in total. The summed E-state index contributed by atoms with van der Waals surface area (Å²) in [4.78, 5) is 15.6. The van der Waals surface area contributed by atoms with Gasteiger partial charge in [-0.05, 0) is 31.2 Å². The van der Waals surface area contributed by atoms with Crippen molar-refractivity contribution in [2.24, 2.45) is 0 Å². The van der Waals surface area contributed by atoms with Gasteiger partial charge < -0.3 is 14.5 Å². The fraction of sp³-hybridized carbons (Fsp3) is 0.350. The first-order chi connectivity index (χ1) is 13.5. The molecule has 1 aliphatic heterocycles. The molecule has 0 bridgehead atoms. The number of likely N-dealkylation sites (N-methyl/N-ethyl adjacent to an activating group) is 1. The van der Waals surface area contributed by atoms with E-state index < -0.39 is 16.0 Å². The molecule has 0 saturated carbocycles. The molecule has 2 aromatic rings. The number of carbonyl (C=O) groups excluding carboxylic acids is 1. The third kappa shape index (κ3) is 4.28. The number of hydrogen-bond acceptors (Lipinski definition) is 5. The molecule has 7 nitrogen and oxygen atoms in total. The first-order valence-electron chi connectivity index (χ1n) is 9.34. The van der Waals surface area contributed by atoms with Gasteiger partial charge in [0.25, 0.3) is 10.0 Å². The summed E-state index contributed by atoms with van der Waals surface area (Å²) >= 11 is 0. The maximum atomic E-state index is 13.0. The number of anilines is 2. The molecule has 0 aliphatic carbocycles. The Kier molecular flexibility index (Phi) is 6.21. The van der Waals surface area contributed by atoms with Crippen LogP contribution in [0.25, 0.3) is 0 Å². The van der Waals surface area contributed by atoms with Gasteiger partial charge in [-0.15, -0.1) is 0 Å². The Labute approximate surface area is 166 Å². The molecule has 0 radical (unpaired) electrons. The van der Waals surface area contributed by atoms with E-state index in [1.807, 2.05) is 12.1 Å². The highest BCUT2D eigenvalue weighted by atomic mass is 32.2. The molecule has 2 aromatic carbocycles. The summed E-state index contributed by atoms with van der Waals surface area (Å²) in [5.74, 6) is -0.687. The minimum absolute atomic E-state index is 0.00939. The Morgan fingerprint density at radius 3 is 2.43 bits per heavy atom. The van der Waals surface area contributed by atoms with Crippen LogP contribution in [0.3, 0.4) is 0 Å². The van der Waals surface area contributed by atoms with E-state index in [0.29, 0.717) is 5.69 Å². The fourth-order valence-corrected chi connectivity index (χ4v) is 4.70. The molecule has 150 valence electrons. The molecule has 3 rings (SSSR count). The van der Waals surface area contributed by atoms with Gasteiger partial charge in [0.2, 0.25) is 0 Å². The molecule has 0 spiro atoms. The summed E-state index contributed by atoms with van der Waals surface area (Å²) in [6, 6.07) is 13.4.